The van der Waals surface area contributed by atoms with Gasteiger partial charge < -0.3 is 4.90 Å². The van der Waals surface area contributed by atoms with Gasteiger partial charge in [-0.25, -0.2) is 22.5 Å². The van der Waals surface area contributed by atoms with E-state index in [0.717, 1.165) is 31.7 Å². The molecule has 1 fully saturated rings. The molecule has 1 N–H and O–H groups in total. The Hall–Kier alpha value is -2.06. The average Bonchev–Trinajstić information content (AvgIpc) is 2.61. The van der Waals surface area contributed by atoms with Crippen LogP contribution < -0.4 is 9.62 Å². The number of nitrogens with one attached hydrogen (secondary N) is 1. The number of nitrogens with zero attached hydrogens (tertiary/aromatic N) is 3. The second kappa shape index (κ2) is 7.88. The third-order valence-corrected chi connectivity index (χ3v) is 5.65. The minimum absolute atomic E-state index is 0.205. The molecule has 1 saturated heterocycles. The maximum Gasteiger partial charge on any atom is 0.215 e. The molecule has 3 rings (SSSR count). The van der Waals surface area contributed by atoms with Crippen LogP contribution in [0.4, 0.5) is 10.2 Å². The van der Waals surface area contributed by atoms with Gasteiger partial charge in [0, 0.05) is 32.0 Å². The largest absolute Gasteiger partial charge is 0.355 e. The lowest BCUT2D eigenvalue weighted by Gasteiger charge is -2.32. The molecule has 1 aromatic carbocycles. The Kier molecular flexibility index (Phi) is 5.60. The van der Waals surface area contributed by atoms with Crippen LogP contribution in [-0.2, 0) is 15.8 Å². The predicted octanol–water partition coefficient (Wildman–Crippen LogP) is 1.95. The van der Waals surface area contributed by atoms with Gasteiger partial charge >= 0.3 is 0 Å². The zero-order chi connectivity index (χ0) is 17.7. The number of benzene rings is 1. The van der Waals surface area contributed by atoms with Crippen molar-refractivity contribution in [3.8, 4) is 0 Å². The number of rotatable bonds is 6. The fraction of sp³-hybridized carbons (Fsp3) is 0.412. The zero-order valence-corrected chi connectivity index (χ0v) is 14.6. The van der Waals surface area contributed by atoms with E-state index in [1.54, 1.807) is 24.7 Å². The minimum Gasteiger partial charge on any atom is -0.355 e. The second-order valence-corrected chi connectivity index (χ2v) is 8.04. The van der Waals surface area contributed by atoms with Gasteiger partial charge in [0.2, 0.25) is 10.0 Å². The summed E-state index contributed by atoms with van der Waals surface area (Å²) in [6.07, 6.45) is 6.83. The Morgan fingerprint density at radius 1 is 1.24 bits per heavy atom. The molecule has 1 aromatic heterocycles. The van der Waals surface area contributed by atoms with Crippen molar-refractivity contribution in [3.63, 3.8) is 0 Å². The molecule has 8 heteroatoms. The summed E-state index contributed by atoms with van der Waals surface area (Å²) in [5.74, 6) is 0.510. The van der Waals surface area contributed by atoms with Gasteiger partial charge in [-0.3, -0.25) is 4.98 Å². The Labute approximate surface area is 147 Å². The van der Waals surface area contributed by atoms with E-state index in [4.69, 9.17) is 0 Å². The Bertz CT molecular complexity index is 793. The topological polar surface area (TPSA) is 75.2 Å². The highest BCUT2D eigenvalue weighted by Crippen LogP contribution is 2.20. The van der Waals surface area contributed by atoms with Gasteiger partial charge in [0.1, 0.15) is 11.6 Å². The summed E-state index contributed by atoms with van der Waals surface area (Å²) in [5.41, 5.74) is 0.449. The van der Waals surface area contributed by atoms with Gasteiger partial charge in [0.15, 0.2) is 0 Å². The highest BCUT2D eigenvalue weighted by atomic mass is 32.2. The predicted molar refractivity (Wildman–Crippen MR) is 94.0 cm³/mol. The molecule has 1 aliphatic rings. The lowest BCUT2D eigenvalue weighted by atomic mass is 9.97. The maximum atomic E-state index is 13.2. The van der Waals surface area contributed by atoms with Crippen LogP contribution in [0.1, 0.15) is 18.4 Å². The first kappa shape index (κ1) is 17.8. The standard InChI is InChI=1S/C17H21FN4O2S/c18-16-3-1-2-15(10-16)13-25(23,24)21-11-14-4-8-22(9-5-14)17-12-19-6-7-20-17/h1-3,6-7,10,12,14,21H,4-5,8-9,11,13H2. The van der Waals surface area contributed by atoms with Crippen LogP contribution in [0.15, 0.2) is 42.9 Å². The van der Waals surface area contributed by atoms with Crippen LogP contribution in [0.3, 0.4) is 0 Å². The van der Waals surface area contributed by atoms with E-state index in [0.29, 0.717) is 12.1 Å². The van der Waals surface area contributed by atoms with Crippen LogP contribution >= 0.6 is 0 Å². The van der Waals surface area contributed by atoms with Crippen molar-refractivity contribution in [1.82, 2.24) is 14.7 Å². The molecule has 0 aliphatic carbocycles. The monoisotopic (exact) mass is 364 g/mol. The SMILES string of the molecule is O=S(=O)(Cc1cccc(F)c1)NCC1CCN(c2cnccn2)CC1. The van der Waals surface area contributed by atoms with E-state index in [1.165, 1.54) is 18.2 Å². The Morgan fingerprint density at radius 3 is 2.72 bits per heavy atom. The third-order valence-electron chi connectivity index (χ3n) is 4.33. The molecule has 2 heterocycles. The zero-order valence-electron chi connectivity index (χ0n) is 13.8. The van der Waals surface area contributed by atoms with Gasteiger partial charge in [-0.05, 0) is 36.5 Å². The van der Waals surface area contributed by atoms with Crippen molar-refractivity contribution in [3.05, 3.63) is 54.2 Å². The van der Waals surface area contributed by atoms with Crippen molar-refractivity contribution >= 4 is 15.8 Å². The van der Waals surface area contributed by atoms with Crippen molar-refractivity contribution in [2.75, 3.05) is 24.5 Å². The number of sulfonamides is 1. The van der Waals surface area contributed by atoms with Gasteiger partial charge in [-0.1, -0.05) is 12.1 Å². The van der Waals surface area contributed by atoms with Crippen LogP contribution in [0.2, 0.25) is 0 Å². The maximum absolute atomic E-state index is 13.2. The summed E-state index contributed by atoms with van der Waals surface area (Å²) < 4.78 is 40.2. The molecule has 134 valence electrons. The number of anilines is 1. The summed E-state index contributed by atoms with van der Waals surface area (Å²) >= 11 is 0. The Balaban J connectivity index is 1.47. The number of hydrogen-bond acceptors (Lipinski definition) is 5. The van der Waals surface area contributed by atoms with Crippen LogP contribution in [0, 0.1) is 11.7 Å². The van der Waals surface area contributed by atoms with E-state index in [1.807, 2.05) is 0 Å². The van der Waals surface area contributed by atoms with Gasteiger partial charge in [0.05, 0.1) is 11.9 Å². The van der Waals surface area contributed by atoms with Gasteiger partial charge in [-0.2, -0.15) is 0 Å². The summed E-state index contributed by atoms with van der Waals surface area (Å²) in [7, 11) is -3.47. The molecular weight excluding hydrogens is 343 g/mol. The van der Waals surface area contributed by atoms with Crippen molar-refractivity contribution in [2.24, 2.45) is 5.92 Å². The van der Waals surface area contributed by atoms with E-state index >= 15 is 0 Å². The first-order valence-corrected chi connectivity index (χ1v) is 9.90. The van der Waals surface area contributed by atoms with Crippen LogP contribution in [0.5, 0.6) is 0 Å². The lowest BCUT2D eigenvalue weighted by molar-refractivity contribution is 0.400. The van der Waals surface area contributed by atoms with Crippen LogP contribution in [0.25, 0.3) is 0 Å². The fourth-order valence-electron chi connectivity index (χ4n) is 2.96. The van der Waals surface area contributed by atoms with E-state index in [2.05, 4.69) is 19.6 Å². The molecule has 0 radical (unpaired) electrons. The molecule has 6 nitrogen and oxygen atoms in total. The summed E-state index contributed by atoms with van der Waals surface area (Å²) in [4.78, 5) is 10.5. The summed E-state index contributed by atoms with van der Waals surface area (Å²) in [6, 6.07) is 5.68. The van der Waals surface area contributed by atoms with Crippen molar-refractivity contribution in [2.45, 2.75) is 18.6 Å². The Morgan fingerprint density at radius 2 is 2.04 bits per heavy atom. The fourth-order valence-corrected chi connectivity index (χ4v) is 4.17. The van der Waals surface area contributed by atoms with Crippen LogP contribution in [-0.4, -0.2) is 38.0 Å². The van der Waals surface area contributed by atoms with Crippen molar-refractivity contribution < 1.29 is 12.8 Å². The molecule has 25 heavy (non-hydrogen) atoms. The molecule has 0 bridgehead atoms. The number of halogens is 1. The smallest absolute Gasteiger partial charge is 0.215 e. The molecule has 0 saturated carbocycles. The minimum atomic E-state index is -3.47. The number of piperidine rings is 1. The molecule has 2 aromatic rings. The second-order valence-electron chi connectivity index (χ2n) is 6.23. The summed E-state index contributed by atoms with van der Waals surface area (Å²) in [5, 5.41) is 0. The average molecular weight is 364 g/mol. The lowest BCUT2D eigenvalue weighted by Crippen LogP contribution is -2.39. The normalized spacial score (nSPS) is 16.1. The quantitative estimate of drug-likeness (QED) is 0.848. The first-order chi connectivity index (χ1) is 12.0. The van der Waals surface area contributed by atoms with E-state index < -0.39 is 15.8 Å². The molecule has 0 spiro atoms. The van der Waals surface area contributed by atoms with E-state index in [-0.39, 0.29) is 11.7 Å². The molecule has 0 unspecified atom stereocenters. The van der Waals surface area contributed by atoms with Gasteiger partial charge in [0.25, 0.3) is 0 Å². The summed E-state index contributed by atoms with van der Waals surface area (Å²) in [6.45, 7) is 2.07. The molecule has 0 atom stereocenters. The van der Waals surface area contributed by atoms with E-state index in [9.17, 15) is 12.8 Å². The highest BCUT2D eigenvalue weighted by Gasteiger charge is 2.22. The molecular formula is C17H21FN4O2S. The molecule has 0 amide bonds. The first-order valence-electron chi connectivity index (χ1n) is 8.24. The van der Waals surface area contributed by atoms with Crippen molar-refractivity contribution in [1.29, 1.82) is 0 Å². The molecule has 1 aliphatic heterocycles. The highest BCUT2D eigenvalue weighted by molar-refractivity contribution is 7.88. The third kappa shape index (κ3) is 5.20. The van der Waals surface area contributed by atoms with Gasteiger partial charge in [-0.15, -0.1) is 0 Å². The number of hydrogen-bond donors (Lipinski definition) is 1. The number of aromatic nitrogens is 2.